The first kappa shape index (κ1) is 16.4. The molecule has 26 heavy (non-hydrogen) atoms. The van der Waals surface area contributed by atoms with Gasteiger partial charge >= 0.3 is 0 Å². The topological polar surface area (TPSA) is 105 Å². The van der Waals surface area contributed by atoms with E-state index in [0.29, 0.717) is 17.2 Å². The molecule has 0 amide bonds. The van der Waals surface area contributed by atoms with Crippen LogP contribution in [0.3, 0.4) is 0 Å². The highest BCUT2D eigenvalue weighted by atomic mass is 32.2. The van der Waals surface area contributed by atoms with E-state index in [0.717, 1.165) is 33.5 Å². The average molecular weight is 364 g/mol. The molecule has 0 aromatic carbocycles. The highest BCUT2D eigenvalue weighted by Gasteiger charge is 2.10. The summed E-state index contributed by atoms with van der Waals surface area (Å²) in [6, 6.07) is 3.84. The maximum atomic E-state index is 4.69. The Morgan fingerprint density at radius 2 is 1.96 bits per heavy atom. The minimum atomic E-state index is 0.587. The smallest absolute Gasteiger partial charge is 0.171 e. The molecule has 0 aliphatic carbocycles. The van der Waals surface area contributed by atoms with E-state index in [2.05, 4.69) is 47.1 Å². The van der Waals surface area contributed by atoms with E-state index in [9.17, 15) is 0 Å². The van der Waals surface area contributed by atoms with Gasteiger partial charge in [0.05, 0.1) is 23.6 Å². The first-order valence-corrected chi connectivity index (χ1v) is 8.92. The molecule has 0 atom stereocenters. The zero-order valence-electron chi connectivity index (χ0n) is 14.3. The highest BCUT2D eigenvalue weighted by Crippen LogP contribution is 2.27. The molecule has 0 radical (unpaired) electrons. The molecular weight excluding hydrogens is 348 g/mol. The summed E-state index contributed by atoms with van der Waals surface area (Å²) in [4.78, 5) is 29.4. The van der Waals surface area contributed by atoms with Crippen LogP contribution in [0.25, 0.3) is 11.0 Å². The van der Waals surface area contributed by atoms with Crippen molar-refractivity contribution >= 4 is 34.4 Å². The van der Waals surface area contributed by atoms with Crippen LogP contribution in [0.5, 0.6) is 0 Å². The van der Waals surface area contributed by atoms with Gasteiger partial charge in [0.2, 0.25) is 0 Å². The number of rotatable bonds is 5. The van der Waals surface area contributed by atoms with Gasteiger partial charge in [-0.15, -0.1) is 0 Å². The summed E-state index contributed by atoms with van der Waals surface area (Å²) >= 11 is 1.47. The number of anilines is 2. The average Bonchev–Trinajstić information content (AvgIpc) is 3.12. The number of nitrogens with zero attached hydrogens (tertiary/aromatic N) is 6. The predicted molar refractivity (Wildman–Crippen MR) is 99.5 cm³/mol. The molecular formula is C17H16N8S. The number of hydrogen-bond acceptors (Lipinski definition) is 8. The van der Waals surface area contributed by atoms with Crippen LogP contribution < -0.4 is 5.32 Å². The van der Waals surface area contributed by atoms with Gasteiger partial charge in [-0.3, -0.25) is 4.98 Å². The predicted octanol–water partition coefficient (Wildman–Crippen LogP) is 3.30. The monoisotopic (exact) mass is 364 g/mol. The fraction of sp³-hybridized carbons (Fsp3) is 0.176. The molecule has 130 valence electrons. The molecule has 2 N–H and O–H groups in total. The van der Waals surface area contributed by atoms with Gasteiger partial charge in [0.1, 0.15) is 22.7 Å². The van der Waals surface area contributed by atoms with Crippen LogP contribution in [0.4, 0.5) is 11.6 Å². The van der Waals surface area contributed by atoms with E-state index in [1.54, 1.807) is 12.4 Å². The Kier molecular flexibility index (Phi) is 4.44. The van der Waals surface area contributed by atoms with Crippen LogP contribution in [0.1, 0.15) is 18.3 Å². The zero-order valence-corrected chi connectivity index (χ0v) is 15.1. The van der Waals surface area contributed by atoms with Gasteiger partial charge in [0.15, 0.2) is 11.0 Å². The number of H-pyrrole nitrogens is 1. The van der Waals surface area contributed by atoms with Crippen LogP contribution in [0, 0.1) is 6.92 Å². The van der Waals surface area contributed by atoms with Crippen molar-refractivity contribution in [1.29, 1.82) is 0 Å². The number of aromatic amines is 1. The molecule has 4 rings (SSSR count). The van der Waals surface area contributed by atoms with Crippen molar-refractivity contribution in [2.45, 2.75) is 30.5 Å². The second-order valence-electron chi connectivity index (χ2n) is 5.58. The van der Waals surface area contributed by atoms with Crippen molar-refractivity contribution in [3.63, 3.8) is 0 Å². The maximum Gasteiger partial charge on any atom is 0.171 e. The van der Waals surface area contributed by atoms with Crippen molar-refractivity contribution in [3.05, 3.63) is 48.4 Å². The second-order valence-corrected chi connectivity index (χ2v) is 6.59. The molecule has 0 saturated heterocycles. The highest BCUT2D eigenvalue weighted by molar-refractivity contribution is 7.99. The van der Waals surface area contributed by atoms with Gasteiger partial charge in [-0.25, -0.2) is 24.9 Å². The Bertz CT molecular complexity index is 1040. The third-order valence-corrected chi connectivity index (χ3v) is 4.51. The molecule has 0 aliphatic rings. The Morgan fingerprint density at radius 3 is 2.73 bits per heavy atom. The van der Waals surface area contributed by atoms with E-state index in [1.165, 1.54) is 18.1 Å². The SMILES string of the molecule is CCc1cnc(Sc2ccc3ncnc(Nc4cnc(C)cn4)c3n2)[nH]1. The fourth-order valence-electron chi connectivity index (χ4n) is 2.32. The number of pyridine rings is 1. The molecule has 0 saturated carbocycles. The van der Waals surface area contributed by atoms with Crippen LogP contribution in [-0.2, 0) is 6.42 Å². The van der Waals surface area contributed by atoms with Gasteiger partial charge in [-0.05, 0) is 37.2 Å². The quantitative estimate of drug-likeness (QED) is 0.556. The minimum absolute atomic E-state index is 0.587. The lowest BCUT2D eigenvalue weighted by molar-refractivity contribution is 0.989. The van der Waals surface area contributed by atoms with Crippen LogP contribution >= 0.6 is 11.8 Å². The first-order valence-electron chi connectivity index (χ1n) is 8.10. The van der Waals surface area contributed by atoms with Gasteiger partial charge in [-0.2, -0.15) is 0 Å². The van der Waals surface area contributed by atoms with Crippen LogP contribution in [-0.4, -0.2) is 34.9 Å². The summed E-state index contributed by atoms with van der Waals surface area (Å²) in [6.45, 7) is 3.97. The molecule has 9 heteroatoms. The van der Waals surface area contributed by atoms with E-state index < -0.39 is 0 Å². The summed E-state index contributed by atoms with van der Waals surface area (Å²) in [5.41, 5.74) is 3.37. The molecule has 8 nitrogen and oxygen atoms in total. The Balaban J connectivity index is 1.66. The summed E-state index contributed by atoms with van der Waals surface area (Å²) < 4.78 is 0. The summed E-state index contributed by atoms with van der Waals surface area (Å²) in [5.74, 6) is 1.19. The lowest BCUT2D eigenvalue weighted by Gasteiger charge is -2.07. The Hall–Kier alpha value is -3.07. The van der Waals surface area contributed by atoms with E-state index in [1.807, 2.05) is 25.3 Å². The van der Waals surface area contributed by atoms with Crippen LogP contribution in [0.2, 0.25) is 0 Å². The van der Waals surface area contributed by atoms with E-state index in [-0.39, 0.29) is 0 Å². The second kappa shape index (κ2) is 7.04. The number of fused-ring (bicyclic) bond motifs is 1. The molecule has 0 unspecified atom stereocenters. The third-order valence-electron chi connectivity index (χ3n) is 3.67. The van der Waals surface area contributed by atoms with Gasteiger partial charge in [-0.1, -0.05) is 6.92 Å². The van der Waals surface area contributed by atoms with Gasteiger partial charge in [0.25, 0.3) is 0 Å². The molecule has 4 heterocycles. The Morgan fingerprint density at radius 1 is 1.04 bits per heavy atom. The van der Waals surface area contributed by atoms with Crippen molar-refractivity contribution in [3.8, 4) is 0 Å². The lowest BCUT2D eigenvalue weighted by atomic mass is 10.3. The molecule has 0 bridgehead atoms. The van der Waals surface area contributed by atoms with Crippen LogP contribution in [0.15, 0.2) is 47.2 Å². The summed E-state index contributed by atoms with van der Waals surface area (Å²) in [6.07, 6.45) is 7.62. The number of imidazole rings is 1. The fourth-order valence-corrected chi connectivity index (χ4v) is 3.08. The maximum absolute atomic E-state index is 4.69. The largest absolute Gasteiger partial charge is 0.337 e. The van der Waals surface area contributed by atoms with Gasteiger partial charge in [0, 0.05) is 11.9 Å². The molecule has 0 aliphatic heterocycles. The van der Waals surface area contributed by atoms with Crippen molar-refractivity contribution in [1.82, 2.24) is 34.9 Å². The lowest BCUT2D eigenvalue weighted by Crippen LogP contribution is -2.00. The number of aryl methyl sites for hydroxylation is 2. The standard InChI is InChI=1S/C17H16N8S/c1-3-11-7-20-17(23-11)26-14-5-4-12-15(25-14)16(22-9-21-12)24-13-8-18-10(2)6-19-13/h4-9H,3H2,1-2H3,(H,20,23)(H,19,21,22,24). The molecule has 4 aromatic rings. The molecule has 4 aromatic heterocycles. The van der Waals surface area contributed by atoms with E-state index >= 15 is 0 Å². The number of hydrogen-bond donors (Lipinski definition) is 2. The normalized spacial score (nSPS) is 11.0. The third kappa shape index (κ3) is 3.47. The molecule has 0 spiro atoms. The first-order chi connectivity index (χ1) is 12.7. The van der Waals surface area contributed by atoms with Crippen molar-refractivity contribution < 1.29 is 0 Å². The zero-order chi connectivity index (χ0) is 17.9. The number of aromatic nitrogens is 7. The Labute approximate surface area is 154 Å². The summed E-state index contributed by atoms with van der Waals surface area (Å²) in [5, 5.41) is 4.78. The summed E-state index contributed by atoms with van der Waals surface area (Å²) in [7, 11) is 0. The molecule has 0 fully saturated rings. The number of nitrogens with one attached hydrogen (secondary N) is 2. The van der Waals surface area contributed by atoms with Crippen molar-refractivity contribution in [2.24, 2.45) is 0 Å². The van der Waals surface area contributed by atoms with Crippen molar-refractivity contribution in [2.75, 3.05) is 5.32 Å². The van der Waals surface area contributed by atoms with Gasteiger partial charge < -0.3 is 10.3 Å². The van der Waals surface area contributed by atoms with E-state index in [4.69, 9.17) is 0 Å². The minimum Gasteiger partial charge on any atom is -0.337 e.